The van der Waals surface area contributed by atoms with Gasteiger partial charge in [-0.2, -0.15) is 9.78 Å². The van der Waals surface area contributed by atoms with Gasteiger partial charge in [-0.15, -0.1) is 0 Å². The number of nitrogens with zero attached hydrogens (tertiary/aromatic N) is 2. The number of hydrogen-bond acceptors (Lipinski definition) is 3. The van der Waals surface area contributed by atoms with Gasteiger partial charge in [0.15, 0.2) is 0 Å². The lowest BCUT2D eigenvalue weighted by Gasteiger charge is -2.08. The summed E-state index contributed by atoms with van der Waals surface area (Å²) in [4.78, 5) is 12.4. The molecule has 4 heteroatoms. The predicted molar refractivity (Wildman–Crippen MR) is 70.5 cm³/mol. The van der Waals surface area contributed by atoms with Gasteiger partial charge in [0.1, 0.15) is 5.76 Å². The second-order valence-electron chi connectivity index (χ2n) is 3.23. The van der Waals surface area contributed by atoms with Crippen molar-refractivity contribution in [2.45, 2.75) is 6.92 Å². The minimum atomic E-state index is -0.938. The van der Waals surface area contributed by atoms with Crippen LogP contribution in [-0.2, 0) is 4.74 Å². The molecule has 0 saturated carbocycles. The summed E-state index contributed by atoms with van der Waals surface area (Å²) in [5.41, 5.74) is -1.33. The molecule has 0 unspecified atom stereocenters. The first kappa shape index (κ1) is 6.54. The summed E-state index contributed by atoms with van der Waals surface area (Å²) < 4.78 is 52.2. The largest absolute Gasteiger partial charge is 0.494 e. The van der Waals surface area contributed by atoms with Gasteiger partial charge in [0, 0.05) is 11.6 Å². The molecule has 0 radical (unpaired) electrons. The topological polar surface area (TPSA) is 44.1 Å². The number of aromatic nitrogens is 2. The molecule has 0 spiro atoms. The summed E-state index contributed by atoms with van der Waals surface area (Å²) in [5.74, 6) is -0.0285. The van der Waals surface area contributed by atoms with Crippen LogP contribution in [0.1, 0.15) is 20.7 Å². The van der Waals surface area contributed by atoms with E-state index in [0.717, 1.165) is 6.07 Å². The van der Waals surface area contributed by atoms with Gasteiger partial charge in [-0.05, 0) is 19.0 Å². The maximum absolute atomic E-state index is 12.4. The third kappa shape index (κ3) is 2.48. The number of ether oxygens (including phenoxy) is 1. The monoisotopic (exact) mass is 248 g/mol. The smallest absolute Gasteiger partial charge is 0.272 e. The Labute approximate surface area is 114 Å². The number of rotatable bonds is 4. The summed E-state index contributed by atoms with van der Waals surface area (Å²) in [5, 5.41) is 3.74. The van der Waals surface area contributed by atoms with Crippen molar-refractivity contribution in [3.63, 3.8) is 0 Å². The molecule has 0 amide bonds. The quantitative estimate of drug-likeness (QED) is 0.779. The minimum Gasteiger partial charge on any atom is -0.494 e. The van der Waals surface area contributed by atoms with Crippen molar-refractivity contribution < 1.29 is 13.0 Å². The van der Waals surface area contributed by atoms with Gasteiger partial charge < -0.3 is 4.74 Å². The first-order valence-electron chi connectivity index (χ1n) is 8.21. The fourth-order valence-corrected chi connectivity index (χ4v) is 1.26. The molecule has 0 atom stereocenters. The zero-order valence-electron chi connectivity index (χ0n) is 15.7. The average Bonchev–Trinajstić information content (AvgIpc) is 2.53. The zero-order chi connectivity index (χ0) is 18.2. The summed E-state index contributed by atoms with van der Waals surface area (Å²) in [6.07, 6.45) is -0.453. The van der Waals surface area contributed by atoms with Gasteiger partial charge in [-0.25, -0.2) is 0 Å². The van der Waals surface area contributed by atoms with Crippen LogP contribution in [0, 0.1) is 0 Å². The van der Waals surface area contributed by atoms with E-state index in [0.29, 0.717) is 4.68 Å². The van der Waals surface area contributed by atoms with E-state index in [1.165, 1.54) is 0 Å². The Morgan fingerprint density at radius 1 is 1.56 bits per heavy atom. The van der Waals surface area contributed by atoms with Crippen molar-refractivity contribution in [1.82, 2.24) is 9.78 Å². The van der Waals surface area contributed by atoms with Crippen molar-refractivity contribution in [2.75, 3.05) is 6.61 Å². The van der Waals surface area contributed by atoms with E-state index in [4.69, 9.17) is 13.0 Å². The van der Waals surface area contributed by atoms with Gasteiger partial charge in [-0.1, -0.05) is 24.7 Å². The van der Waals surface area contributed by atoms with Crippen molar-refractivity contribution >= 4 is 5.76 Å². The summed E-state index contributed by atoms with van der Waals surface area (Å²) >= 11 is 0. The molecular formula is C14H14N2O2. The lowest BCUT2D eigenvalue weighted by Crippen LogP contribution is -2.20. The predicted octanol–water partition coefficient (Wildman–Crippen LogP) is 2.24. The molecule has 0 aliphatic rings. The van der Waals surface area contributed by atoms with Crippen LogP contribution in [0.2, 0.25) is 0 Å². The lowest BCUT2D eigenvalue weighted by atomic mass is 10.2. The van der Waals surface area contributed by atoms with Crippen LogP contribution in [-0.4, -0.2) is 16.4 Å². The number of hydrogen-bond donors (Lipinski definition) is 0. The van der Waals surface area contributed by atoms with Crippen LogP contribution in [0.5, 0.6) is 0 Å². The van der Waals surface area contributed by atoms with Crippen LogP contribution in [0.3, 0.4) is 0 Å². The molecule has 18 heavy (non-hydrogen) atoms. The molecule has 1 heterocycles. The second kappa shape index (κ2) is 5.31. The first-order valence-corrected chi connectivity index (χ1v) is 5.21. The van der Waals surface area contributed by atoms with Gasteiger partial charge in [0.2, 0.25) is 0 Å². The molecule has 0 N–H and O–H groups in total. The number of para-hydroxylation sites is 1. The molecule has 2 rings (SSSR count). The standard InChI is InChI=1S/C14H14N2O2/c1-3-18-11(2)12-9-14(17)16(15-10-12)13-7-5-4-6-8-13/h4-10H,2-3H2,1H3/i4D,5D,6D,7D,9D,10D. The van der Waals surface area contributed by atoms with Crippen LogP contribution in [0.4, 0.5) is 0 Å². The SMILES string of the molecule is [2H]c1cc(-n2nc([2H])c(C(=C)OCC)c([2H])c2=O)c([2H])c([2H])c1[2H]. The van der Waals surface area contributed by atoms with E-state index < -0.39 is 35.9 Å². The van der Waals surface area contributed by atoms with Gasteiger partial charge >= 0.3 is 0 Å². The fourth-order valence-electron chi connectivity index (χ4n) is 1.26. The molecular weight excluding hydrogens is 228 g/mol. The average molecular weight is 248 g/mol. The van der Waals surface area contributed by atoms with Crippen LogP contribution in [0.15, 0.2) is 53.8 Å². The van der Waals surface area contributed by atoms with Crippen molar-refractivity contribution in [3.8, 4) is 5.69 Å². The Bertz CT molecular complexity index is 894. The highest BCUT2D eigenvalue weighted by Gasteiger charge is 2.05. The lowest BCUT2D eigenvalue weighted by molar-refractivity contribution is 0.299. The van der Waals surface area contributed by atoms with Crippen molar-refractivity contribution in [1.29, 1.82) is 0 Å². The van der Waals surface area contributed by atoms with Gasteiger partial charge in [0.25, 0.3) is 5.56 Å². The van der Waals surface area contributed by atoms with Crippen molar-refractivity contribution in [3.05, 3.63) is 64.9 Å². The van der Waals surface area contributed by atoms with Crippen LogP contribution >= 0.6 is 0 Å². The second-order valence-corrected chi connectivity index (χ2v) is 3.23. The molecule has 0 fully saturated rings. The number of benzene rings is 1. The normalized spacial score (nSPS) is 14.7. The van der Waals surface area contributed by atoms with Gasteiger partial charge in [0.05, 0.1) is 26.7 Å². The molecule has 0 aliphatic heterocycles. The third-order valence-electron chi connectivity index (χ3n) is 2.05. The Morgan fingerprint density at radius 3 is 3.17 bits per heavy atom. The molecule has 0 bridgehead atoms. The molecule has 0 aliphatic carbocycles. The molecule has 1 aromatic heterocycles. The highest BCUT2D eigenvalue weighted by Crippen LogP contribution is 2.10. The summed E-state index contributed by atoms with van der Waals surface area (Å²) in [6.45, 7) is 5.50. The van der Waals surface area contributed by atoms with E-state index in [9.17, 15) is 4.79 Å². The zero-order valence-corrected chi connectivity index (χ0v) is 9.70. The van der Waals surface area contributed by atoms with Crippen LogP contribution in [0.25, 0.3) is 11.4 Å². The Balaban J connectivity index is 2.76. The minimum absolute atomic E-state index is 0.0285. The fraction of sp³-hybridized carbons (Fsp3) is 0.143. The maximum atomic E-state index is 12.4. The van der Waals surface area contributed by atoms with E-state index >= 15 is 0 Å². The van der Waals surface area contributed by atoms with Crippen LogP contribution < -0.4 is 5.56 Å². The van der Waals surface area contributed by atoms with E-state index in [2.05, 4.69) is 11.7 Å². The maximum Gasteiger partial charge on any atom is 0.272 e. The summed E-state index contributed by atoms with van der Waals surface area (Å²) in [7, 11) is 0. The highest BCUT2D eigenvalue weighted by molar-refractivity contribution is 5.55. The van der Waals surface area contributed by atoms with E-state index in [-0.39, 0.29) is 29.7 Å². The molecule has 92 valence electrons. The molecule has 2 aromatic rings. The first-order chi connectivity index (χ1) is 11.2. The Kier molecular flexibility index (Phi) is 1.93. The summed E-state index contributed by atoms with van der Waals surface area (Å²) in [6, 6.07) is -1.38. The molecule has 0 saturated heterocycles. The Hall–Kier alpha value is -2.36. The van der Waals surface area contributed by atoms with E-state index in [1.54, 1.807) is 6.92 Å². The third-order valence-corrected chi connectivity index (χ3v) is 2.05. The van der Waals surface area contributed by atoms with E-state index in [1.807, 2.05) is 0 Å². The highest BCUT2D eigenvalue weighted by atomic mass is 16.5. The van der Waals surface area contributed by atoms with Crippen molar-refractivity contribution in [2.24, 2.45) is 0 Å². The molecule has 4 nitrogen and oxygen atoms in total. The Morgan fingerprint density at radius 2 is 2.39 bits per heavy atom. The molecule has 1 aromatic carbocycles. The van der Waals surface area contributed by atoms with Gasteiger partial charge in [-0.3, -0.25) is 4.79 Å².